The van der Waals surface area contributed by atoms with E-state index in [9.17, 15) is 21.2 Å². The summed E-state index contributed by atoms with van der Waals surface area (Å²) in [6.45, 7) is 0. The van der Waals surface area contributed by atoms with Crippen LogP contribution in [0.4, 0.5) is 4.39 Å². The minimum Gasteiger partial charge on any atom is -0.282 e. The zero-order valence-corrected chi connectivity index (χ0v) is 10.7. The Labute approximate surface area is 108 Å². The summed E-state index contributed by atoms with van der Waals surface area (Å²) in [5, 5.41) is -0.528. The molecule has 0 aromatic heterocycles. The van der Waals surface area contributed by atoms with Gasteiger partial charge in [-0.1, -0.05) is 24.3 Å². The normalized spacial score (nSPS) is 12.8. The molecule has 0 fully saturated rings. The molecule has 9 heteroatoms. The third kappa shape index (κ3) is 2.45. The van der Waals surface area contributed by atoms with Crippen molar-refractivity contribution in [1.29, 1.82) is 0 Å². The van der Waals surface area contributed by atoms with E-state index in [1.54, 1.807) is 0 Å². The molecule has 2 aromatic carbocycles. The van der Waals surface area contributed by atoms with Crippen LogP contribution in [0.2, 0.25) is 0 Å². The Kier molecular flexibility index (Phi) is 3.09. The second-order valence-corrected chi connectivity index (χ2v) is 6.46. The summed E-state index contributed by atoms with van der Waals surface area (Å²) < 4.78 is 76.3. The monoisotopic (exact) mass is 306 g/mol. The minimum absolute atomic E-state index is 0.185. The van der Waals surface area contributed by atoms with Crippen molar-refractivity contribution in [3.63, 3.8) is 0 Å². The SMILES string of the molecule is O=S(=O)(O)c1cc(S(=O)(=O)O)c2ccccc2c1F. The molecule has 0 atom stereocenters. The maximum absolute atomic E-state index is 13.9. The molecular formula is C10H7FO6S2. The molecule has 0 aliphatic carbocycles. The number of hydrogen-bond donors (Lipinski definition) is 2. The highest BCUT2D eigenvalue weighted by Gasteiger charge is 2.25. The third-order valence-corrected chi connectivity index (χ3v) is 4.21. The van der Waals surface area contributed by atoms with E-state index >= 15 is 0 Å². The van der Waals surface area contributed by atoms with Crippen LogP contribution in [0.25, 0.3) is 10.8 Å². The van der Waals surface area contributed by atoms with E-state index in [1.165, 1.54) is 18.2 Å². The summed E-state index contributed by atoms with van der Waals surface area (Å²) in [5.74, 6) is -1.29. The van der Waals surface area contributed by atoms with Crippen LogP contribution >= 0.6 is 0 Å². The van der Waals surface area contributed by atoms with Gasteiger partial charge in [-0.3, -0.25) is 9.11 Å². The second-order valence-electron chi connectivity index (χ2n) is 3.68. The van der Waals surface area contributed by atoms with Crippen molar-refractivity contribution in [3.8, 4) is 0 Å². The average molecular weight is 306 g/mol. The fraction of sp³-hybridized carbons (Fsp3) is 0. The Morgan fingerprint density at radius 2 is 1.32 bits per heavy atom. The van der Waals surface area contributed by atoms with Gasteiger partial charge in [-0.25, -0.2) is 4.39 Å². The topological polar surface area (TPSA) is 109 Å². The summed E-state index contributed by atoms with van der Waals surface area (Å²) >= 11 is 0. The van der Waals surface area contributed by atoms with Gasteiger partial charge in [-0.2, -0.15) is 16.8 Å². The van der Waals surface area contributed by atoms with E-state index < -0.39 is 35.8 Å². The zero-order valence-electron chi connectivity index (χ0n) is 9.11. The first-order valence-corrected chi connectivity index (χ1v) is 7.66. The van der Waals surface area contributed by atoms with Gasteiger partial charge in [0.15, 0.2) is 5.82 Å². The molecule has 0 heterocycles. The van der Waals surface area contributed by atoms with Gasteiger partial charge in [-0.15, -0.1) is 0 Å². The molecule has 0 bridgehead atoms. The molecular weight excluding hydrogens is 299 g/mol. The number of benzene rings is 2. The van der Waals surface area contributed by atoms with Crippen molar-refractivity contribution in [2.75, 3.05) is 0 Å². The van der Waals surface area contributed by atoms with Gasteiger partial charge in [-0.05, 0) is 6.07 Å². The average Bonchev–Trinajstić information content (AvgIpc) is 2.26. The summed E-state index contributed by atoms with van der Waals surface area (Å²) in [6.07, 6.45) is 0. The molecule has 19 heavy (non-hydrogen) atoms. The standard InChI is InChI=1S/C10H7FO6S2/c11-10-7-4-2-1-3-6(7)8(18(12,13)14)5-9(10)19(15,16)17/h1-5H,(H,12,13,14)(H,15,16,17). The van der Waals surface area contributed by atoms with Crippen molar-refractivity contribution in [2.45, 2.75) is 9.79 Å². The summed E-state index contributed by atoms with van der Waals surface area (Å²) in [6, 6.07) is 5.46. The number of rotatable bonds is 2. The Balaban J connectivity index is 3.10. The molecule has 0 saturated carbocycles. The number of hydrogen-bond acceptors (Lipinski definition) is 4. The van der Waals surface area contributed by atoms with Crippen molar-refractivity contribution < 1.29 is 30.3 Å². The molecule has 2 N–H and O–H groups in total. The maximum atomic E-state index is 13.9. The fourth-order valence-corrected chi connectivity index (χ4v) is 3.08. The van der Waals surface area contributed by atoms with E-state index in [0.29, 0.717) is 6.07 Å². The van der Waals surface area contributed by atoms with Crippen molar-refractivity contribution in [1.82, 2.24) is 0 Å². The first-order chi connectivity index (χ1) is 8.62. The van der Waals surface area contributed by atoms with E-state index in [4.69, 9.17) is 9.11 Å². The molecule has 0 aliphatic heterocycles. The van der Waals surface area contributed by atoms with Crippen LogP contribution in [-0.4, -0.2) is 25.9 Å². The predicted molar refractivity (Wildman–Crippen MR) is 63.5 cm³/mol. The molecule has 6 nitrogen and oxygen atoms in total. The van der Waals surface area contributed by atoms with Crippen LogP contribution < -0.4 is 0 Å². The maximum Gasteiger partial charge on any atom is 0.297 e. The van der Waals surface area contributed by atoms with E-state index in [2.05, 4.69) is 0 Å². The Morgan fingerprint density at radius 1 is 0.842 bits per heavy atom. The Morgan fingerprint density at radius 3 is 1.79 bits per heavy atom. The molecule has 0 radical (unpaired) electrons. The summed E-state index contributed by atoms with van der Waals surface area (Å²) in [5.41, 5.74) is 0. The van der Waals surface area contributed by atoms with Gasteiger partial charge in [0.05, 0.1) is 0 Å². The smallest absolute Gasteiger partial charge is 0.282 e. The van der Waals surface area contributed by atoms with Crippen LogP contribution in [0.5, 0.6) is 0 Å². The van der Waals surface area contributed by atoms with Gasteiger partial charge in [0.2, 0.25) is 0 Å². The Hall–Kier alpha value is -1.55. The molecule has 2 rings (SSSR count). The molecule has 2 aromatic rings. The lowest BCUT2D eigenvalue weighted by Crippen LogP contribution is -2.07. The lowest BCUT2D eigenvalue weighted by Gasteiger charge is -2.08. The lowest BCUT2D eigenvalue weighted by atomic mass is 10.1. The molecule has 0 saturated heterocycles. The van der Waals surface area contributed by atoms with Crippen LogP contribution in [0.3, 0.4) is 0 Å². The lowest BCUT2D eigenvalue weighted by molar-refractivity contribution is 0.473. The molecule has 102 valence electrons. The van der Waals surface area contributed by atoms with Gasteiger partial charge in [0, 0.05) is 10.8 Å². The fourth-order valence-electron chi connectivity index (χ4n) is 1.68. The largest absolute Gasteiger partial charge is 0.297 e. The molecule has 0 amide bonds. The first-order valence-electron chi connectivity index (χ1n) is 4.78. The highest BCUT2D eigenvalue weighted by atomic mass is 32.2. The van der Waals surface area contributed by atoms with Crippen molar-refractivity contribution in [3.05, 3.63) is 36.1 Å². The van der Waals surface area contributed by atoms with Crippen LogP contribution in [0.1, 0.15) is 0 Å². The van der Waals surface area contributed by atoms with E-state index in [1.807, 2.05) is 0 Å². The van der Waals surface area contributed by atoms with Crippen LogP contribution in [-0.2, 0) is 20.2 Å². The zero-order chi connectivity index (χ0) is 14.4. The quantitative estimate of drug-likeness (QED) is 0.813. The van der Waals surface area contributed by atoms with Crippen molar-refractivity contribution >= 4 is 31.0 Å². The number of fused-ring (bicyclic) bond motifs is 1. The van der Waals surface area contributed by atoms with Gasteiger partial charge < -0.3 is 0 Å². The Bertz CT molecular complexity index is 870. The van der Waals surface area contributed by atoms with Crippen molar-refractivity contribution in [2.24, 2.45) is 0 Å². The van der Waals surface area contributed by atoms with E-state index in [-0.39, 0.29) is 10.8 Å². The summed E-state index contributed by atoms with van der Waals surface area (Å²) in [7, 11) is -9.73. The highest BCUT2D eigenvalue weighted by Crippen LogP contribution is 2.30. The molecule has 0 spiro atoms. The third-order valence-electron chi connectivity index (χ3n) is 2.46. The van der Waals surface area contributed by atoms with Crippen LogP contribution in [0.15, 0.2) is 40.1 Å². The van der Waals surface area contributed by atoms with Crippen LogP contribution in [0, 0.1) is 5.82 Å². The first kappa shape index (κ1) is 13.9. The second kappa shape index (κ2) is 4.23. The van der Waals surface area contributed by atoms with Gasteiger partial charge in [0.1, 0.15) is 9.79 Å². The number of halogens is 1. The van der Waals surface area contributed by atoms with E-state index in [0.717, 1.165) is 6.07 Å². The summed E-state index contributed by atoms with van der Waals surface area (Å²) in [4.78, 5) is -2.00. The predicted octanol–water partition coefficient (Wildman–Crippen LogP) is 1.47. The molecule has 0 unspecified atom stereocenters. The van der Waals surface area contributed by atoms with Gasteiger partial charge >= 0.3 is 0 Å². The van der Waals surface area contributed by atoms with Gasteiger partial charge in [0.25, 0.3) is 20.2 Å². The minimum atomic E-state index is -4.96. The molecule has 0 aliphatic rings. The highest BCUT2D eigenvalue weighted by molar-refractivity contribution is 7.86.